The molecule has 0 aromatic carbocycles. The van der Waals surface area contributed by atoms with E-state index in [4.69, 9.17) is 4.74 Å². The standard InChI is InChI=1S/C12H17N3O3/c1-9-7-14-12(6-11(9)15(16)17)18-8-10-2-4-13-5-3-10/h6-7,10,13H,2-5,8H2,1H3. The number of piperidine rings is 1. The van der Waals surface area contributed by atoms with Crippen LogP contribution in [0.15, 0.2) is 12.3 Å². The third-order valence-electron chi connectivity index (χ3n) is 3.17. The predicted octanol–water partition coefficient (Wildman–Crippen LogP) is 1.68. The van der Waals surface area contributed by atoms with Crippen LogP contribution in [0.1, 0.15) is 18.4 Å². The Hall–Kier alpha value is -1.69. The number of hydrogen-bond acceptors (Lipinski definition) is 5. The lowest BCUT2D eigenvalue weighted by Gasteiger charge is -2.22. The maximum absolute atomic E-state index is 10.8. The molecule has 1 aliphatic rings. The van der Waals surface area contributed by atoms with Crippen LogP contribution in [-0.2, 0) is 0 Å². The molecule has 1 saturated heterocycles. The fourth-order valence-corrected chi connectivity index (χ4v) is 2.02. The number of ether oxygens (including phenoxy) is 1. The van der Waals surface area contributed by atoms with Crippen molar-refractivity contribution in [3.63, 3.8) is 0 Å². The maximum Gasteiger partial charge on any atom is 0.279 e. The van der Waals surface area contributed by atoms with Gasteiger partial charge in [0.25, 0.3) is 5.69 Å². The summed E-state index contributed by atoms with van der Waals surface area (Å²) in [6, 6.07) is 1.40. The third-order valence-corrected chi connectivity index (χ3v) is 3.17. The summed E-state index contributed by atoms with van der Waals surface area (Å²) >= 11 is 0. The van der Waals surface area contributed by atoms with Crippen molar-refractivity contribution in [3.8, 4) is 5.88 Å². The summed E-state index contributed by atoms with van der Waals surface area (Å²) in [6.45, 7) is 4.27. The van der Waals surface area contributed by atoms with Gasteiger partial charge in [-0.05, 0) is 38.8 Å². The Morgan fingerprint density at radius 3 is 2.94 bits per heavy atom. The van der Waals surface area contributed by atoms with E-state index in [0.717, 1.165) is 25.9 Å². The Morgan fingerprint density at radius 2 is 2.28 bits per heavy atom. The van der Waals surface area contributed by atoms with Gasteiger partial charge in [-0.3, -0.25) is 10.1 Å². The Morgan fingerprint density at radius 1 is 1.56 bits per heavy atom. The molecule has 18 heavy (non-hydrogen) atoms. The van der Waals surface area contributed by atoms with Crippen molar-refractivity contribution < 1.29 is 9.66 Å². The molecule has 2 heterocycles. The summed E-state index contributed by atoms with van der Waals surface area (Å²) in [5.74, 6) is 0.847. The van der Waals surface area contributed by atoms with Crippen LogP contribution in [0.2, 0.25) is 0 Å². The van der Waals surface area contributed by atoms with E-state index in [9.17, 15) is 10.1 Å². The van der Waals surface area contributed by atoms with Gasteiger partial charge in [0.1, 0.15) is 0 Å². The number of rotatable bonds is 4. The number of nitrogens with one attached hydrogen (secondary N) is 1. The largest absolute Gasteiger partial charge is 0.477 e. The van der Waals surface area contributed by atoms with Crippen LogP contribution in [0.25, 0.3) is 0 Å². The molecule has 1 aliphatic heterocycles. The van der Waals surface area contributed by atoms with Gasteiger partial charge >= 0.3 is 0 Å². The monoisotopic (exact) mass is 251 g/mol. The van der Waals surface area contributed by atoms with E-state index < -0.39 is 4.92 Å². The van der Waals surface area contributed by atoms with E-state index >= 15 is 0 Å². The normalized spacial score (nSPS) is 16.5. The van der Waals surface area contributed by atoms with E-state index in [0.29, 0.717) is 24.0 Å². The number of aryl methyl sites for hydroxylation is 1. The van der Waals surface area contributed by atoms with E-state index in [1.807, 2.05) is 0 Å². The van der Waals surface area contributed by atoms with Gasteiger partial charge < -0.3 is 10.1 Å². The zero-order chi connectivity index (χ0) is 13.0. The molecular formula is C12H17N3O3. The van der Waals surface area contributed by atoms with E-state index in [2.05, 4.69) is 10.3 Å². The molecule has 6 heteroatoms. The van der Waals surface area contributed by atoms with E-state index in [1.54, 1.807) is 6.92 Å². The van der Waals surface area contributed by atoms with Crippen molar-refractivity contribution >= 4 is 5.69 Å². The average Bonchev–Trinajstić information content (AvgIpc) is 2.38. The average molecular weight is 251 g/mol. The molecule has 0 bridgehead atoms. The van der Waals surface area contributed by atoms with Crippen molar-refractivity contribution in [2.24, 2.45) is 5.92 Å². The summed E-state index contributed by atoms with van der Waals surface area (Å²) in [5, 5.41) is 14.1. The summed E-state index contributed by atoms with van der Waals surface area (Å²) in [6.07, 6.45) is 3.64. The highest BCUT2D eigenvalue weighted by atomic mass is 16.6. The van der Waals surface area contributed by atoms with Gasteiger partial charge in [0.15, 0.2) is 0 Å². The van der Waals surface area contributed by atoms with Crippen molar-refractivity contribution in [2.75, 3.05) is 19.7 Å². The zero-order valence-electron chi connectivity index (χ0n) is 10.4. The number of nitrogens with zero attached hydrogens (tertiary/aromatic N) is 2. The predicted molar refractivity (Wildman–Crippen MR) is 66.7 cm³/mol. The summed E-state index contributed by atoms with van der Waals surface area (Å²) in [4.78, 5) is 14.4. The first-order chi connectivity index (χ1) is 8.66. The molecule has 0 spiro atoms. The smallest absolute Gasteiger partial charge is 0.279 e. The summed E-state index contributed by atoms with van der Waals surface area (Å²) in [7, 11) is 0. The molecule has 1 aromatic heterocycles. The first kappa shape index (κ1) is 12.8. The molecule has 0 saturated carbocycles. The van der Waals surface area contributed by atoms with Crippen molar-refractivity contribution in [3.05, 3.63) is 27.9 Å². The minimum atomic E-state index is -0.408. The number of hydrogen-bond donors (Lipinski definition) is 1. The highest BCUT2D eigenvalue weighted by molar-refractivity contribution is 5.40. The van der Waals surface area contributed by atoms with Gasteiger partial charge in [-0.2, -0.15) is 0 Å². The third kappa shape index (κ3) is 3.16. The number of aromatic nitrogens is 1. The second kappa shape index (κ2) is 5.77. The van der Waals surface area contributed by atoms with Crippen LogP contribution in [0.3, 0.4) is 0 Å². The first-order valence-electron chi connectivity index (χ1n) is 6.11. The molecule has 0 unspecified atom stereocenters. The molecule has 0 aliphatic carbocycles. The first-order valence-corrected chi connectivity index (χ1v) is 6.11. The number of nitro groups is 1. The lowest BCUT2D eigenvalue weighted by atomic mass is 9.99. The molecule has 1 N–H and O–H groups in total. The van der Waals surface area contributed by atoms with Crippen LogP contribution in [0, 0.1) is 23.0 Å². The molecule has 2 rings (SSSR count). The van der Waals surface area contributed by atoms with E-state index in [-0.39, 0.29) is 5.69 Å². The molecular weight excluding hydrogens is 234 g/mol. The Kier molecular flexibility index (Phi) is 4.09. The SMILES string of the molecule is Cc1cnc(OCC2CCNCC2)cc1[N+](=O)[O-]. The van der Waals surface area contributed by atoms with Crippen molar-refractivity contribution in [2.45, 2.75) is 19.8 Å². The summed E-state index contributed by atoms with van der Waals surface area (Å²) < 4.78 is 5.55. The van der Waals surface area contributed by atoms with Gasteiger partial charge in [0.05, 0.1) is 17.6 Å². The van der Waals surface area contributed by atoms with Crippen LogP contribution < -0.4 is 10.1 Å². The quantitative estimate of drug-likeness (QED) is 0.650. The zero-order valence-corrected chi connectivity index (χ0v) is 10.4. The van der Waals surface area contributed by atoms with Gasteiger partial charge in [-0.1, -0.05) is 0 Å². The van der Waals surface area contributed by atoms with Crippen molar-refractivity contribution in [1.82, 2.24) is 10.3 Å². The topological polar surface area (TPSA) is 77.3 Å². The molecule has 0 amide bonds. The number of pyridine rings is 1. The van der Waals surface area contributed by atoms with Crippen molar-refractivity contribution in [1.29, 1.82) is 0 Å². The Balaban J connectivity index is 1.96. The molecule has 6 nitrogen and oxygen atoms in total. The molecule has 1 aromatic rings. The van der Waals surface area contributed by atoms with Gasteiger partial charge in [-0.15, -0.1) is 0 Å². The fraction of sp³-hybridized carbons (Fsp3) is 0.583. The Labute approximate surface area is 106 Å². The Bertz CT molecular complexity index is 431. The van der Waals surface area contributed by atoms with Crippen LogP contribution in [0.4, 0.5) is 5.69 Å². The van der Waals surface area contributed by atoms with Gasteiger partial charge in [0, 0.05) is 11.8 Å². The highest BCUT2D eigenvalue weighted by Crippen LogP contribution is 2.22. The molecule has 98 valence electrons. The molecule has 0 radical (unpaired) electrons. The minimum absolute atomic E-state index is 0.0605. The minimum Gasteiger partial charge on any atom is -0.477 e. The van der Waals surface area contributed by atoms with Gasteiger partial charge in [-0.25, -0.2) is 4.98 Å². The molecule has 0 atom stereocenters. The fourth-order valence-electron chi connectivity index (χ4n) is 2.02. The lowest BCUT2D eigenvalue weighted by Crippen LogP contribution is -2.30. The highest BCUT2D eigenvalue weighted by Gasteiger charge is 2.16. The van der Waals surface area contributed by atoms with Gasteiger partial charge in [0.2, 0.25) is 5.88 Å². The lowest BCUT2D eigenvalue weighted by molar-refractivity contribution is -0.385. The molecule has 1 fully saturated rings. The maximum atomic E-state index is 10.8. The second-order valence-corrected chi connectivity index (χ2v) is 4.57. The summed E-state index contributed by atoms with van der Waals surface area (Å²) in [5.41, 5.74) is 0.611. The van der Waals surface area contributed by atoms with Crippen LogP contribution in [0.5, 0.6) is 5.88 Å². The van der Waals surface area contributed by atoms with Crippen LogP contribution in [-0.4, -0.2) is 29.6 Å². The van der Waals surface area contributed by atoms with E-state index in [1.165, 1.54) is 12.3 Å². The van der Waals surface area contributed by atoms with Crippen LogP contribution >= 0.6 is 0 Å². The second-order valence-electron chi connectivity index (χ2n) is 4.57.